The average Bonchev–Trinajstić information content (AvgIpc) is 3.39. The van der Waals surface area contributed by atoms with Crippen molar-refractivity contribution in [2.45, 2.75) is 69.0 Å². The largest absolute Gasteiger partial charge is 0.351 e. The monoisotopic (exact) mass is 385 g/mol. The van der Waals surface area contributed by atoms with Crippen molar-refractivity contribution in [3.63, 3.8) is 0 Å². The lowest BCUT2D eigenvalue weighted by molar-refractivity contribution is 0.233. The number of urea groups is 1. The zero-order valence-corrected chi connectivity index (χ0v) is 16.2. The van der Waals surface area contributed by atoms with Crippen molar-refractivity contribution >= 4 is 23.1 Å². The SMILES string of the molecule is Cn1c(=O)n(C2CCCC2)c2nc(NC3CCC4(CC3)CNC(=O)N4)ncc21. The van der Waals surface area contributed by atoms with Crippen molar-refractivity contribution in [2.75, 3.05) is 11.9 Å². The number of aromatic nitrogens is 4. The Morgan fingerprint density at radius 1 is 1.18 bits per heavy atom. The Hall–Kier alpha value is -2.58. The molecule has 9 nitrogen and oxygen atoms in total. The van der Waals surface area contributed by atoms with Crippen LogP contribution in [-0.2, 0) is 7.05 Å². The molecular formula is C19H27N7O2. The van der Waals surface area contributed by atoms with Crippen LogP contribution in [0.1, 0.15) is 57.4 Å². The molecule has 0 atom stereocenters. The summed E-state index contributed by atoms with van der Waals surface area (Å²) in [5, 5.41) is 9.41. The van der Waals surface area contributed by atoms with Crippen LogP contribution in [0.4, 0.5) is 10.7 Å². The third-order valence-corrected chi connectivity index (χ3v) is 6.76. The molecule has 0 unspecified atom stereocenters. The fourth-order valence-corrected chi connectivity index (χ4v) is 5.07. The third kappa shape index (κ3) is 2.84. The molecule has 3 heterocycles. The van der Waals surface area contributed by atoms with Gasteiger partial charge in [-0.15, -0.1) is 0 Å². The predicted molar refractivity (Wildman–Crippen MR) is 105 cm³/mol. The lowest BCUT2D eigenvalue weighted by Crippen LogP contribution is -2.48. The summed E-state index contributed by atoms with van der Waals surface area (Å²) in [6.07, 6.45) is 9.93. The van der Waals surface area contributed by atoms with Crippen molar-refractivity contribution in [3.05, 3.63) is 16.7 Å². The molecule has 2 amide bonds. The summed E-state index contributed by atoms with van der Waals surface area (Å²) < 4.78 is 3.52. The van der Waals surface area contributed by atoms with Crippen LogP contribution in [-0.4, -0.2) is 43.3 Å². The molecule has 0 radical (unpaired) electrons. The summed E-state index contributed by atoms with van der Waals surface area (Å²) >= 11 is 0. The maximum absolute atomic E-state index is 12.7. The van der Waals surface area contributed by atoms with Crippen LogP contribution in [0.2, 0.25) is 0 Å². The molecule has 150 valence electrons. The van der Waals surface area contributed by atoms with E-state index in [0.29, 0.717) is 12.5 Å². The van der Waals surface area contributed by atoms with E-state index in [1.165, 1.54) is 12.8 Å². The Balaban J connectivity index is 1.36. The van der Waals surface area contributed by atoms with Gasteiger partial charge in [-0.25, -0.2) is 14.6 Å². The number of anilines is 1. The number of nitrogens with zero attached hydrogens (tertiary/aromatic N) is 4. The maximum Gasteiger partial charge on any atom is 0.330 e. The molecule has 5 rings (SSSR count). The summed E-state index contributed by atoms with van der Waals surface area (Å²) in [4.78, 5) is 33.4. The lowest BCUT2D eigenvalue weighted by Gasteiger charge is -2.36. The number of carbonyl (C=O) groups excluding carboxylic acids is 1. The van der Waals surface area contributed by atoms with E-state index < -0.39 is 0 Å². The van der Waals surface area contributed by atoms with Gasteiger partial charge in [-0.2, -0.15) is 4.98 Å². The normalized spacial score (nSPS) is 28.0. The maximum atomic E-state index is 12.7. The second-order valence-electron chi connectivity index (χ2n) is 8.56. The highest BCUT2D eigenvalue weighted by Gasteiger charge is 2.40. The van der Waals surface area contributed by atoms with Crippen molar-refractivity contribution < 1.29 is 4.79 Å². The van der Waals surface area contributed by atoms with E-state index in [-0.39, 0.29) is 29.3 Å². The molecule has 9 heteroatoms. The van der Waals surface area contributed by atoms with Crippen LogP contribution in [0.5, 0.6) is 0 Å². The first kappa shape index (κ1) is 17.5. The van der Waals surface area contributed by atoms with Gasteiger partial charge in [0, 0.05) is 25.7 Å². The quantitative estimate of drug-likeness (QED) is 0.745. The molecule has 1 saturated heterocycles. The summed E-state index contributed by atoms with van der Waals surface area (Å²) in [7, 11) is 1.79. The minimum Gasteiger partial charge on any atom is -0.351 e. The molecule has 0 bridgehead atoms. The summed E-state index contributed by atoms with van der Waals surface area (Å²) in [6, 6.07) is 0.456. The predicted octanol–water partition coefficient (Wildman–Crippen LogP) is 1.65. The number of rotatable bonds is 3. The molecule has 2 saturated carbocycles. The molecule has 3 N–H and O–H groups in total. The van der Waals surface area contributed by atoms with E-state index in [0.717, 1.165) is 49.7 Å². The van der Waals surface area contributed by atoms with Crippen molar-refractivity contribution in [2.24, 2.45) is 7.05 Å². The standard InChI is InChI=1S/C19H27N7O2/c1-25-14-10-20-16(23-15(14)26(18(25)28)13-4-2-3-5-13)22-12-6-8-19(9-7-12)11-21-17(27)24-19/h10,12-13H,2-9,11H2,1H3,(H,20,22,23)(H2,21,24,27). The van der Waals surface area contributed by atoms with Crippen LogP contribution in [0.15, 0.2) is 11.0 Å². The van der Waals surface area contributed by atoms with E-state index in [1.807, 2.05) is 4.57 Å². The van der Waals surface area contributed by atoms with Gasteiger partial charge in [0.1, 0.15) is 5.52 Å². The first-order valence-electron chi connectivity index (χ1n) is 10.3. The van der Waals surface area contributed by atoms with Gasteiger partial charge in [0.25, 0.3) is 0 Å². The van der Waals surface area contributed by atoms with E-state index in [9.17, 15) is 9.59 Å². The molecule has 1 aliphatic heterocycles. The molecule has 2 aromatic heterocycles. The fraction of sp³-hybridized carbons (Fsp3) is 0.684. The summed E-state index contributed by atoms with van der Waals surface area (Å²) in [5.74, 6) is 0.583. The molecule has 3 aliphatic rings. The molecule has 2 aliphatic carbocycles. The third-order valence-electron chi connectivity index (χ3n) is 6.76. The molecule has 2 aromatic rings. The molecular weight excluding hydrogens is 358 g/mol. The Morgan fingerprint density at radius 2 is 1.93 bits per heavy atom. The van der Waals surface area contributed by atoms with Gasteiger partial charge in [-0.05, 0) is 38.5 Å². The molecule has 1 spiro atoms. The van der Waals surface area contributed by atoms with E-state index in [1.54, 1.807) is 17.8 Å². The number of imidazole rings is 1. The molecule has 28 heavy (non-hydrogen) atoms. The highest BCUT2D eigenvalue weighted by molar-refractivity contribution is 5.77. The first-order chi connectivity index (χ1) is 13.5. The average molecular weight is 385 g/mol. The lowest BCUT2D eigenvalue weighted by atomic mass is 9.80. The topological polar surface area (TPSA) is 106 Å². The summed E-state index contributed by atoms with van der Waals surface area (Å²) in [6.45, 7) is 0.707. The Morgan fingerprint density at radius 3 is 2.61 bits per heavy atom. The minimum atomic E-state index is -0.0948. The van der Waals surface area contributed by atoms with Crippen LogP contribution in [0, 0.1) is 0 Å². The van der Waals surface area contributed by atoms with Gasteiger partial charge >= 0.3 is 11.7 Å². The number of fused-ring (bicyclic) bond motifs is 1. The van der Waals surface area contributed by atoms with Gasteiger partial charge in [0.15, 0.2) is 5.65 Å². The number of hydrogen-bond acceptors (Lipinski definition) is 5. The minimum absolute atomic E-state index is 0.00238. The number of aryl methyl sites for hydroxylation is 1. The molecule has 3 fully saturated rings. The van der Waals surface area contributed by atoms with E-state index in [2.05, 4.69) is 20.9 Å². The van der Waals surface area contributed by atoms with E-state index in [4.69, 9.17) is 4.98 Å². The Bertz CT molecular complexity index is 965. The van der Waals surface area contributed by atoms with Crippen molar-refractivity contribution in [1.29, 1.82) is 0 Å². The van der Waals surface area contributed by atoms with Gasteiger partial charge < -0.3 is 16.0 Å². The number of carbonyl (C=O) groups is 1. The highest BCUT2D eigenvalue weighted by Crippen LogP contribution is 2.32. The molecule has 0 aromatic carbocycles. The number of hydrogen-bond donors (Lipinski definition) is 3. The number of amides is 2. The van der Waals surface area contributed by atoms with Crippen LogP contribution >= 0.6 is 0 Å². The van der Waals surface area contributed by atoms with Crippen LogP contribution in [0.3, 0.4) is 0 Å². The van der Waals surface area contributed by atoms with E-state index >= 15 is 0 Å². The van der Waals surface area contributed by atoms with Gasteiger partial charge in [0.2, 0.25) is 5.95 Å². The second-order valence-corrected chi connectivity index (χ2v) is 8.56. The summed E-state index contributed by atoms with van der Waals surface area (Å²) in [5.41, 5.74) is 1.42. The van der Waals surface area contributed by atoms with Crippen LogP contribution in [0.25, 0.3) is 11.2 Å². The van der Waals surface area contributed by atoms with Crippen molar-refractivity contribution in [1.82, 2.24) is 29.7 Å². The van der Waals surface area contributed by atoms with Gasteiger partial charge in [-0.3, -0.25) is 9.13 Å². The number of nitrogens with one attached hydrogen (secondary N) is 3. The first-order valence-corrected chi connectivity index (χ1v) is 10.3. The fourth-order valence-electron chi connectivity index (χ4n) is 5.07. The van der Waals surface area contributed by atoms with Crippen molar-refractivity contribution in [3.8, 4) is 0 Å². The Labute approximate surface area is 162 Å². The second kappa shape index (κ2) is 6.49. The zero-order chi connectivity index (χ0) is 19.3. The Kier molecular flexibility index (Phi) is 4.06. The van der Waals surface area contributed by atoms with Gasteiger partial charge in [-0.1, -0.05) is 12.8 Å². The van der Waals surface area contributed by atoms with Gasteiger partial charge in [0.05, 0.1) is 11.7 Å². The van der Waals surface area contributed by atoms with Crippen LogP contribution < -0.4 is 21.6 Å². The zero-order valence-electron chi connectivity index (χ0n) is 16.2. The highest BCUT2D eigenvalue weighted by atomic mass is 16.2. The smallest absolute Gasteiger partial charge is 0.330 e.